The van der Waals surface area contributed by atoms with Gasteiger partial charge in [-0.2, -0.15) is 4.31 Å². The highest BCUT2D eigenvalue weighted by Crippen LogP contribution is 2.26. The van der Waals surface area contributed by atoms with E-state index in [1.165, 1.54) is 47.6 Å². The maximum absolute atomic E-state index is 12.6. The van der Waals surface area contributed by atoms with E-state index < -0.39 is 25.0 Å². The number of anilines is 1. The molecule has 0 aromatic heterocycles. The van der Waals surface area contributed by atoms with Crippen LogP contribution in [-0.2, 0) is 20.0 Å². The number of benzene rings is 2. The highest BCUT2D eigenvalue weighted by atomic mass is 32.2. The van der Waals surface area contributed by atoms with Crippen molar-refractivity contribution in [2.75, 3.05) is 17.8 Å². The minimum Gasteiger partial charge on any atom is -0.280 e. The topological polar surface area (TPSA) is 127 Å². The largest absolute Gasteiger partial charge is 0.280 e. The van der Waals surface area contributed by atoms with Crippen molar-refractivity contribution in [3.8, 4) is 0 Å². The lowest BCUT2D eigenvalue weighted by atomic mass is 10.2. The average Bonchev–Trinajstić information content (AvgIpc) is 3.17. The number of hydrogen-bond donors (Lipinski definition) is 1. The molecule has 1 heterocycles. The number of sulfonamides is 2. The standard InChI is InChI=1S/C17H19N3O6S2/c1-13-4-7-15(20(21)22)12-17(13)27(23,24)18-14-5-8-16(9-6-14)28(25,26)19-10-2-3-11-19/h4-9,12,18H,2-3,10-11H2,1H3. The predicted molar refractivity (Wildman–Crippen MR) is 103 cm³/mol. The van der Waals surface area contributed by atoms with E-state index >= 15 is 0 Å². The smallest absolute Gasteiger partial charge is 0.270 e. The zero-order chi connectivity index (χ0) is 20.5. The third kappa shape index (κ3) is 4.01. The van der Waals surface area contributed by atoms with Crippen molar-refractivity contribution in [2.45, 2.75) is 29.6 Å². The van der Waals surface area contributed by atoms with Gasteiger partial charge in [0.05, 0.1) is 14.7 Å². The number of hydrogen-bond acceptors (Lipinski definition) is 6. The van der Waals surface area contributed by atoms with Crippen molar-refractivity contribution < 1.29 is 21.8 Å². The van der Waals surface area contributed by atoms with Gasteiger partial charge >= 0.3 is 0 Å². The second-order valence-electron chi connectivity index (χ2n) is 6.45. The van der Waals surface area contributed by atoms with Crippen molar-refractivity contribution in [1.82, 2.24) is 4.31 Å². The van der Waals surface area contributed by atoms with E-state index in [-0.39, 0.29) is 21.2 Å². The molecule has 11 heteroatoms. The Morgan fingerprint density at radius 3 is 2.18 bits per heavy atom. The Labute approximate surface area is 163 Å². The Bertz CT molecular complexity index is 1110. The third-order valence-corrected chi connectivity index (χ3v) is 7.92. The molecule has 2 aromatic rings. The summed E-state index contributed by atoms with van der Waals surface area (Å²) in [5.41, 5.74) is 0.177. The molecule has 150 valence electrons. The van der Waals surface area contributed by atoms with E-state index in [4.69, 9.17) is 0 Å². The molecule has 1 saturated heterocycles. The second kappa shape index (κ2) is 7.49. The summed E-state index contributed by atoms with van der Waals surface area (Å²) in [6.45, 7) is 2.48. The molecule has 0 bridgehead atoms. The molecular formula is C17H19N3O6S2. The Hall–Kier alpha value is -2.50. The summed E-state index contributed by atoms with van der Waals surface area (Å²) in [7, 11) is -7.67. The summed E-state index contributed by atoms with van der Waals surface area (Å²) in [4.78, 5) is 10.1. The molecule has 3 rings (SSSR count). The number of aryl methyl sites for hydroxylation is 1. The van der Waals surface area contributed by atoms with Crippen molar-refractivity contribution in [2.24, 2.45) is 0 Å². The van der Waals surface area contributed by atoms with Crippen LogP contribution in [0.15, 0.2) is 52.3 Å². The highest BCUT2D eigenvalue weighted by Gasteiger charge is 2.27. The Morgan fingerprint density at radius 2 is 1.61 bits per heavy atom. The van der Waals surface area contributed by atoms with Gasteiger partial charge in [-0.25, -0.2) is 16.8 Å². The van der Waals surface area contributed by atoms with Crippen LogP contribution in [-0.4, -0.2) is 39.2 Å². The molecular weight excluding hydrogens is 406 g/mol. The minimum absolute atomic E-state index is 0.0869. The SMILES string of the molecule is Cc1ccc([N+](=O)[O-])cc1S(=O)(=O)Nc1ccc(S(=O)(=O)N2CCCC2)cc1. The quantitative estimate of drug-likeness (QED) is 0.560. The number of nitrogens with zero attached hydrogens (tertiary/aromatic N) is 2. The van der Waals surface area contributed by atoms with E-state index in [9.17, 15) is 26.9 Å². The lowest BCUT2D eigenvalue weighted by Gasteiger charge is -2.16. The molecule has 0 amide bonds. The van der Waals surface area contributed by atoms with Crippen LogP contribution in [0.25, 0.3) is 0 Å². The van der Waals surface area contributed by atoms with Crippen LogP contribution in [0.4, 0.5) is 11.4 Å². The van der Waals surface area contributed by atoms with Crippen LogP contribution in [0.5, 0.6) is 0 Å². The first-order chi connectivity index (χ1) is 13.1. The molecule has 0 spiro atoms. The van der Waals surface area contributed by atoms with Crippen LogP contribution in [0, 0.1) is 17.0 Å². The normalized spacial score (nSPS) is 15.5. The van der Waals surface area contributed by atoms with Crippen molar-refractivity contribution in [3.63, 3.8) is 0 Å². The fraction of sp³-hybridized carbons (Fsp3) is 0.294. The summed E-state index contributed by atoms with van der Waals surface area (Å²) >= 11 is 0. The average molecular weight is 425 g/mol. The number of nitro benzene ring substituents is 1. The molecule has 28 heavy (non-hydrogen) atoms. The first-order valence-electron chi connectivity index (χ1n) is 8.49. The maximum Gasteiger partial charge on any atom is 0.270 e. The van der Waals surface area contributed by atoms with Gasteiger partial charge in [-0.1, -0.05) is 6.07 Å². The monoisotopic (exact) mass is 425 g/mol. The predicted octanol–water partition coefficient (Wildman–Crippen LogP) is 2.49. The molecule has 1 aliphatic rings. The highest BCUT2D eigenvalue weighted by molar-refractivity contribution is 7.92. The van der Waals surface area contributed by atoms with Crippen LogP contribution in [0.2, 0.25) is 0 Å². The summed E-state index contributed by atoms with van der Waals surface area (Å²) < 4.78 is 54.0. The third-order valence-electron chi connectivity index (χ3n) is 4.48. The van der Waals surface area contributed by atoms with Gasteiger partial charge in [0.1, 0.15) is 0 Å². The van der Waals surface area contributed by atoms with Crippen LogP contribution < -0.4 is 4.72 Å². The Morgan fingerprint density at radius 1 is 1.00 bits per heavy atom. The minimum atomic E-state index is -4.08. The molecule has 0 saturated carbocycles. The molecule has 0 radical (unpaired) electrons. The second-order valence-corrected chi connectivity index (χ2v) is 10.0. The van der Waals surface area contributed by atoms with Crippen molar-refractivity contribution >= 4 is 31.4 Å². The zero-order valence-electron chi connectivity index (χ0n) is 15.0. The number of non-ortho nitro benzene ring substituents is 1. The van der Waals surface area contributed by atoms with E-state index in [1.54, 1.807) is 0 Å². The van der Waals surface area contributed by atoms with Gasteiger partial charge in [-0.3, -0.25) is 14.8 Å². The molecule has 1 N–H and O–H groups in total. The molecule has 0 unspecified atom stereocenters. The van der Waals surface area contributed by atoms with E-state index in [0.717, 1.165) is 18.9 Å². The van der Waals surface area contributed by atoms with Gasteiger partial charge < -0.3 is 0 Å². The summed E-state index contributed by atoms with van der Waals surface area (Å²) in [5.74, 6) is 0. The molecule has 0 aliphatic carbocycles. The summed E-state index contributed by atoms with van der Waals surface area (Å²) in [6, 6.07) is 8.96. The summed E-state index contributed by atoms with van der Waals surface area (Å²) in [5, 5.41) is 10.9. The number of nitro groups is 1. The van der Waals surface area contributed by atoms with Gasteiger partial charge in [0.15, 0.2) is 0 Å². The molecule has 2 aromatic carbocycles. The molecule has 9 nitrogen and oxygen atoms in total. The first kappa shape index (κ1) is 20.2. The fourth-order valence-corrected chi connectivity index (χ4v) is 5.82. The van der Waals surface area contributed by atoms with Crippen molar-refractivity contribution in [1.29, 1.82) is 0 Å². The fourth-order valence-electron chi connectivity index (χ4n) is 2.97. The van der Waals surface area contributed by atoms with Gasteiger partial charge in [0, 0.05) is 30.9 Å². The van der Waals surface area contributed by atoms with Crippen LogP contribution in [0.3, 0.4) is 0 Å². The Kier molecular flexibility index (Phi) is 5.41. The number of nitrogens with one attached hydrogen (secondary N) is 1. The van der Waals surface area contributed by atoms with E-state index in [1.807, 2.05) is 0 Å². The van der Waals surface area contributed by atoms with Gasteiger partial charge in [-0.05, 0) is 49.6 Å². The summed E-state index contributed by atoms with van der Waals surface area (Å²) in [6.07, 6.45) is 1.64. The lowest BCUT2D eigenvalue weighted by Crippen LogP contribution is -2.27. The lowest BCUT2D eigenvalue weighted by molar-refractivity contribution is -0.385. The van der Waals surface area contributed by atoms with Gasteiger partial charge in [0.2, 0.25) is 10.0 Å². The zero-order valence-corrected chi connectivity index (χ0v) is 16.7. The van der Waals surface area contributed by atoms with E-state index in [2.05, 4.69) is 4.72 Å². The molecule has 1 aliphatic heterocycles. The number of rotatable bonds is 6. The van der Waals surface area contributed by atoms with Gasteiger partial charge in [-0.15, -0.1) is 0 Å². The molecule has 0 atom stereocenters. The molecule has 1 fully saturated rings. The van der Waals surface area contributed by atoms with Crippen molar-refractivity contribution in [3.05, 3.63) is 58.1 Å². The van der Waals surface area contributed by atoms with Gasteiger partial charge in [0.25, 0.3) is 15.7 Å². The first-order valence-corrected chi connectivity index (χ1v) is 11.4. The van der Waals surface area contributed by atoms with E-state index in [0.29, 0.717) is 18.7 Å². The Balaban J connectivity index is 1.86. The maximum atomic E-state index is 12.6. The van der Waals surface area contributed by atoms with Crippen LogP contribution in [0.1, 0.15) is 18.4 Å². The van der Waals surface area contributed by atoms with Crippen LogP contribution >= 0.6 is 0 Å².